The molecule has 0 bridgehead atoms. The molecule has 6 N–H and O–H groups in total. The van der Waals surface area contributed by atoms with E-state index >= 15 is 0 Å². The molecule has 0 aliphatic heterocycles. The van der Waals surface area contributed by atoms with Gasteiger partial charge in [-0.1, -0.05) is 0 Å². The molecule has 18 heavy (non-hydrogen) atoms. The molecule has 1 atom stereocenters. The van der Waals surface area contributed by atoms with Gasteiger partial charge in [-0.15, -0.1) is 5.10 Å². The summed E-state index contributed by atoms with van der Waals surface area (Å²) in [5, 5.41) is 9.81. The minimum absolute atomic E-state index is 0.313. The van der Waals surface area contributed by atoms with Crippen LogP contribution in [0, 0.1) is 5.92 Å². The Morgan fingerprint density at radius 3 is 2.72 bits per heavy atom. The van der Waals surface area contributed by atoms with Crippen LogP contribution in [0.3, 0.4) is 0 Å². The van der Waals surface area contributed by atoms with Crippen molar-refractivity contribution in [2.45, 2.75) is 44.2 Å². The fraction of sp³-hybridized carbons (Fsp3) is 0.727. The fourth-order valence-electron chi connectivity index (χ4n) is 2.50. The summed E-state index contributed by atoms with van der Waals surface area (Å²) >= 11 is 0. The summed E-state index contributed by atoms with van der Waals surface area (Å²) < 4.78 is 0. The third-order valence-corrected chi connectivity index (χ3v) is 3.46. The van der Waals surface area contributed by atoms with E-state index in [1.54, 1.807) is 0 Å². The van der Waals surface area contributed by atoms with Crippen LogP contribution in [0.15, 0.2) is 0 Å². The van der Waals surface area contributed by atoms with Crippen molar-refractivity contribution in [3.63, 3.8) is 0 Å². The van der Waals surface area contributed by atoms with Gasteiger partial charge in [-0.2, -0.15) is 4.98 Å². The lowest BCUT2D eigenvalue weighted by Gasteiger charge is -2.29. The number of aldehydes is 1. The first-order chi connectivity index (χ1) is 8.67. The van der Waals surface area contributed by atoms with E-state index in [0.29, 0.717) is 23.9 Å². The van der Waals surface area contributed by atoms with Crippen molar-refractivity contribution < 1.29 is 4.79 Å². The molecule has 1 aliphatic rings. The standard InChI is InChI=1S/C11H20N6O/c12-8(6-18)5-7-1-3-9(4-2-7)14-11-15-10(13)16-17-11/h6-9H,1-5,12H2,(H4,13,14,15,16,17)/t7?,8-,9?/m0/s1. The number of hydrogen-bond acceptors (Lipinski definition) is 6. The molecule has 1 aromatic heterocycles. The summed E-state index contributed by atoms with van der Waals surface area (Å²) in [5.41, 5.74) is 11.1. The van der Waals surface area contributed by atoms with Crippen LogP contribution in [0.2, 0.25) is 0 Å². The molecule has 0 spiro atoms. The topological polar surface area (TPSA) is 123 Å². The summed E-state index contributed by atoms with van der Waals surface area (Å²) in [6.45, 7) is 0. The summed E-state index contributed by atoms with van der Waals surface area (Å²) in [6, 6.07) is 0.0659. The van der Waals surface area contributed by atoms with Crippen molar-refractivity contribution in [3.8, 4) is 0 Å². The second-order valence-corrected chi connectivity index (χ2v) is 4.94. The van der Waals surface area contributed by atoms with Gasteiger partial charge in [0.05, 0.1) is 6.04 Å². The smallest absolute Gasteiger partial charge is 0.243 e. The van der Waals surface area contributed by atoms with E-state index in [9.17, 15) is 4.79 Å². The Morgan fingerprint density at radius 2 is 2.17 bits per heavy atom. The zero-order valence-electron chi connectivity index (χ0n) is 10.3. The molecule has 0 unspecified atom stereocenters. The minimum atomic E-state index is -0.313. The molecule has 7 nitrogen and oxygen atoms in total. The summed E-state index contributed by atoms with van der Waals surface area (Å²) in [6.07, 6.45) is 5.89. The van der Waals surface area contributed by atoms with Crippen LogP contribution in [0.25, 0.3) is 0 Å². The Kier molecular flexibility index (Phi) is 4.14. The first-order valence-corrected chi connectivity index (χ1v) is 6.32. The van der Waals surface area contributed by atoms with E-state index < -0.39 is 0 Å². The Hall–Kier alpha value is -1.63. The van der Waals surface area contributed by atoms with Crippen LogP contribution in [0.5, 0.6) is 0 Å². The third kappa shape index (κ3) is 3.43. The number of nitrogens with two attached hydrogens (primary N) is 2. The molecule has 1 saturated carbocycles. The molecule has 1 aromatic rings. The first kappa shape index (κ1) is 12.8. The molecule has 1 aliphatic carbocycles. The zero-order chi connectivity index (χ0) is 13.0. The summed E-state index contributed by atoms with van der Waals surface area (Å²) in [7, 11) is 0. The Morgan fingerprint density at radius 1 is 1.44 bits per heavy atom. The molecule has 7 heteroatoms. The second kappa shape index (κ2) is 5.81. The largest absolute Gasteiger partial charge is 0.368 e. The van der Waals surface area contributed by atoms with Crippen LogP contribution < -0.4 is 16.8 Å². The van der Waals surface area contributed by atoms with Crippen molar-refractivity contribution in [1.82, 2.24) is 15.2 Å². The molecular formula is C11H20N6O. The molecule has 2 rings (SSSR count). The molecule has 0 aromatic carbocycles. The molecule has 1 fully saturated rings. The fourth-order valence-corrected chi connectivity index (χ4v) is 2.50. The third-order valence-electron chi connectivity index (χ3n) is 3.46. The highest BCUT2D eigenvalue weighted by atomic mass is 16.1. The van der Waals surface area contributed by atoms with E-state index in [1.807, 2.05) is 0 Å². The zero-order valence-corrected chi connectivity index (χ0v) is 10.3. The van der Waals surface area contributed by atoms with Gasteiger partial charge in [0.2, 0.25) is 11.9 Å². The SMILES string of the molecule is Nc1nc(NC2CCC(C[C@H](N)C=O)CC2)n[nH]1. The molecule has 0 radical (unpaired) electrons. The van der Waals surface area contributed by atoms with E-state index in [2.05, 4.69) is 20.5 Å². The quantitative estimate of drug-likeness (QED) is 0.558. The normalized spacial score (nSPS) is 25.6. The molecule has 0 amide bonds. The lowest BCUT2D eigenvalue weighted by atomic mass is 9.82. The van der Waals surface area contributed by atoms with Crippen LogP contribution in [-0.2, 0) is 4.79 Å². The van der Waals surface area contributed by atoms with Crippen molar-refractivity contribution in [3.05, 3.63) is 0 Å². The van der Waals surface area contributed by atoms with Gasteiger partial charge < -0.3 is 21.6 Å². The van der Waals surface area contributed by atoms with E-state index in [-0.39, 0.29) is 6.04 Å². The molecule has 0 saturated heterocycles. The van der Waals surface area contributed by atoms with Crippen LogP contribution in [-0.4, -0.2) is 33.6 Å². The number of aromatic amines is 1. The van der Waals surface area contributed by atoms with Gasteiger partial charge in [-0.3, -0.25) is 0 Å². The average Bonchev–Trinajstić information content (AvgIpc) is 2.77. The van der Waals surface area contributed by atoms with Gasteiger partial charge in [0, 0.05) is 6.04 Å². The number of hydrogen-bond donors (Lipinski definition) is 4. The maximum Gasteiger partial charge on any atom is 0.243 e. The highest BCUT2D eigenvalue weighted by Gasteiger charge is 2.23. The van der Waals surface area contributed by atoms with Crippen LogP contribution in [0.4, 0.5) is 11.9 Å². The highest BCUT2D eigenvalue weighted by Crippen LogP contribution is 2.28. The average molecular weight is 252 g/mol. The van der Waals surface area contributed by atoms with Gasteiger partial charge in [-0.25, -0.2) is 5.10 Å². The van der Waals surface area contributed by atoms with Crippen molar-refractivity contribution in [1.29, 1.82) is 0 Å². The maximum absolute atomic E-state index is 10.5. The number of carbonyl (C=O) groups excluding carboxylic acids is 1. The minimum Gasteiger partial charge on any atom is -0.368 e. The Bertz CT molecular complexity index is 385. The lowest BCUT2D eigenvalue weighted by molar-refractivity contribution is -0.109. The van der Waals surface area contributed by atoms with Crippen LogP contribution in [0.1, 0.15) is 32.1 Å². The second-order valence-electron chi connectivity index (χ2n) is 4.94. The van der Waals surface area contributed by atoms with E-state index in [4.69, 9.17) is 11.5 Å². The number of anilines is 2. The highest BCUT2D eigenvalue weighted by molar-refractivity contribution is 5.56. The summed E-state index contributed by atoms with van der Waals surface area (Å²) in [4.78, 5) is 14.5. The number of H-pyrrole nitrogens is 1. The number of aromatic nitrogens is 3. The van der Waals surface area contributed by atoms with Crippen molar-refractivity contribution >= 4 is 18.2 Å². The van der Waals surface area contributed by atoms with E-state index in [0.717, 1.165) is 38.4 Å². The van der Waals surface area contributed by atoms with Gasteiger partial charge in [-0.05, 0) is 38.0 Å². The first-order valence-electron chi connectivity index (χ1n) is 6.32. The maximum atomic E-state index is 10.5. The molecule has 100 valence electrons. The molecule has 1 heterocycles. The Labute approximate surface area is 106 Å². The van der Waals surface area contributed by atoms with Gasteiger partial charge in [0.15, 0.2) is 0 Å². The van der Waals surface area contributed by atoms with Gasteiger partial charge in [0.25, 0.3) is 0 Å². The van der Waals surface area contributed by atoms with Crippen LogP contribution >= 0.6 is 0 Å². The predicted octanol–water partition coefficient (Wildman–Crippen LogP) is 0.274. The monoisotopic (exact) mass is 252 g/mol. The number of rotatable bonds is 5. The van der Waals surface area contributed by atoms with E-state index in [1.165, 1.54) is 0 Å². The number of nitrogens with one attached hydrogen (secondary N) is 2. The summed E-state index contributed by atoms with van der Waals surface area (Å²) in [5.74, 6) is 1.43. The van der Waals surface area contributed by atoms with Crippen molar-refractivity contribution in [2.75, 3.05) is 11.1 Å². The number of nitrogens with zero attached hydrogens (tertiary/aromatic N) is 2. The van der Waals surface area contributed by atoms with Gasteiger partial charge in [0.1, 0.15) is 6.29 Å². The Balaban J connectivity index is 1.75. The number of nitrogen functional groups attached to an aromatic ring is 1. The molecular weight excluding hydrogens is 232 g/mol. The predicted molar refractivity (Wildman–Crippen MR) is 68.8 cm³/mol. The lowest BCUT2D eigenvalue weighted by Crippen LogP contribution is -2.31. The van der Waals surface area contributed by atoms with Gasteiger partial charge >= 0.3 is 0 Å². The number of carbonyl (C=O) groups is 1. The van der Waals surface area contributed by atoms with Crippen molar-refractivity contribution in [2.24, 2.45) is 11.7 Å².